The highest BCUT2D eigenvalue weighted by molar-refractivity contribution is 6.03. The average Bonchev–Trinajstić information content (AvgIpc) is 3.43. The number of amides is 1. The molecule has 3 rings (SSSR count). The van der Waals surface area contributed by atoms with Gasteiger partial charge in [0.15, 0.2) is 5.69 Å². The van der Waals surface area contributed by atoms with E-state index in [2.05, 4.69) is 45.6 Å². The zero-order valence-electron chi connectivity index (χ0n) is 15.0. The molecule has 1 aromatic heterocycles. The highest BCUT2D eigenvalue weighted by Crippen LogP contribution is 2.24. The number of aryl methyl sites for hydroxylation is 1. The molecule has 1 heterocycles. The van der Waals surface area contributed by atoms with Crippen LogP contribution in [0.15, 0.2) is 30.3 Å². The molecule has 1 fully saturated rings. The Hall–Kier alpha value is -2.63. The van der Waals surface area contributed by atoms with Gasteiger partial charge in [0.05, 0.1) is 0 Å². The van der Waals surface area contributed by atoms with E-state index in [-0.39, 0.29) is 5.91 Å². The molecule has 2 N–H and O–H groups in total. The largest absolute Gasteiger partial charge is 0.372 e. The number of anilines is 3. The van der Waals surface area contributed by atoms with Gasteiger partial charge in [0.2, 0.25) is 0 Å². The summed E-state index contributed by atoms with van der Waals surface area (Å²) >= 11 is 0. The summed E-state index contributed by atoms with van der Waals surface area (Å²) < 4.78 is 0. The molecule has 1 saturated carbocycles. The van der Waals surface area contributed by atoms with Gasteiger partial charge in [-0.2, -0.15) is 0 Å². The van der Waals surface area contributed by atoms with Crippen LogP contribution in [-0.4, -0.2) is 35.2 Å². The molecule has 0 unspecified atom stereocenters. The summed E-state index contributed by atoms with van der Waals surface area (Å²) in [5.74, 6) is 0.475. The Morgan fingerprint density at radius 2 is 1.92 bits per heavy atom. The second-order valence-electron chi connectivity index (χ2n) is 6.35. The van der Waals surface area contributed by atoms with Crippen LogP contribution in [0.3, 0.4) is 0 Å². The predicted molar refractivity (Wildman–Crippen MR) is 101 cm³/mol. The van der Waals surface area contributed by atoms with Gasteiger partial charge in [-0.1, -0.05) is 0 Å². The molecule has 1 aromatic carbocycles. The van der Waals surface area contributed by atoms with Gasteiger partial charge in [-0.05, 0) is 69.5 Å². The summed E-state index contributed by atoms with van der Waals surface area (Å²) in [6.45, 7) is 8.18. The van der Waals surface area contributed by atoms with Crippen LogP contribution in [0.2, 0.25) is 0 Å². The molecule has 0 atom stereocenters. The van der Waals surface area contributed by atoms with Crippen molar-refractivity contribution in [1.82, 2.24) is 10.2 Å². The van der Waals surface area contributed by atoms with Crippen LogP contribution in [-0.2, 0) is 0 Å². The van der Waals surface area contributed by atoms with E-state index in [4.69, 9.17) is 0 Å². The van der Waals surface area contributed by atoms with Gasteiger partial charge >= 0.3 is 0 Å². The predicted octanol–water partition coefficient (Wildman–Crippen LogP) is 3.46. The van der Waals surface area contributed by atoms with Gasteiger partial charge in [-0.3, -0.25) is 4.79 Å². The van der Waals surface area contributed by atoms with Crippen LogP contribution in [0.1, 0.15) is 42.7 Å². The Labute approximate surface area is 148 Å². The molecule has 6 nitrogen and oxygen atoms in total. The number of carbonyl (C=O) groups excluding carboxylic acids is 1. The molecule has 1 aliphatic carbocycles. The fourth-order valence-electron chi connectivity index (χ4n) is 2.73. The first kappa shape index (κ1) is 17.2. The van der Waals surface area contributed by atoms with Gasteiger partial charge in [-0.25, -0.2) is 0 Å². The summed E-state index contributed by atoms with van der Waals surface area (Å²) in [6.07, 6.45) is 2.35. The van der Waals surface area contributed by atoms with Crippen molar-refractivity contribution in [2.24, 2.45) is 0 Å². The van der Waals surface area contributed by atoms with E-state index in [1.807, 2.05) is 19.1 Å². The van der Waals surface area contributed by atoms with E-state index in [1.165, 1.54) is 12.8 Å². The lowest BCUT2D eigenvalue weighted by Crippen LogP contribution is -2.22. The minimum absolute atomic E-state index is 0.246. The summed E-state index contributed by atoms with van der Waals surface area (Å²) in [7, 11) is 0. The number of hydrogen-bond donors (Lipinski definition) is 2. The van der Waals surface area contributed by atoms with Crippen molar-refractivity contribution in [2.75, 3.05) is 28.6 Å². The van der Waals surface area contributed by atoms with Crippen LogP contribution < -0.4 is 15.5 Å². The maximum absolute atomic E-state index is 12.4. The molecule has 6 heteroatoms. The number of carbonyl (C=O) groups is 1. The maximum atomic E-state index is 12.4. The van der Waals surface area contributed by atoms with E-state index in [9.17, 15) is 4.79 Å². The maximum Gasteiger partial charge on any atom is 0.276 e. The second-order valence-corrected chi connectivity index (χ2v) is 6.35. The number of nitrogens with zero attached hydrogens (tertiary/aromatic N) is 3. The van der Waals surface area contributed by atoms with Crippen LogP contribution >= 0.6 is 0 Å². The fraction of sp³-hybridized carbons (Fsp3) is 0.421. The molecule has 0 bridgehead atoms. The SMILES string of the molecule is CCN(CC)c1ccc(NC(=O)c2ccc(NC3CC3)nn2)c(C)c1. The molecule has 1 aliphatic rings. The normalized spacial score (nSPS) is 13.4. The molecule has 1 amide bonds. The molecular formula is C19H25N5O. The number of aromatic nitrogens is 2. The first-order chi connectivity index (χ1) is 12.1. The first-order valence-electron chi connectivity index (χ1n) is 8.88. The minimum atomic E-state index is -0.246. The molecular weight excluding hydrogens is 314 g/mol. The van der Waals surface area contributed by atoms with E-state index >= 15 is 0 Å². The Morgan fingerprint density at radius 3 is 2.48 bits per heavy atom. The van der Waals surface area contributed by atoms with E-state index in [1.54, 1.807) is 12.1 Å². The molecule has 0 radical (unpaired) electrons. The molecule has 0 spiro atoms. The average molecular weight is 339 g/mol. The smallest absolute Gasteiger partial charge is 0.276 e. The number of hydrogen-bond acceptors (Lipinski definition) is 5. The number of benzene rings is 1. The van der Waals surface area contributed by atoms with Gasteiger partial charge in [0.1, 0.15) is 5.82 Å². The summed E-state index contributed by atoms with van der Waals surface area (Å²) in [4.78, 5) is 14.7. The fourth-order valence-corrected chi connectivity index (χ4v) is 2.73. The van der Waals surface area contributed by atoms with Crippen LogP contribution in [0, 0.1) is 6.92 Å². The summed E-state index contributed by atoms with van der Waals surface area (Å²) in [5.41, 5.74) is 3.30. The molecule has 25 heavy (non-hydrogen) atoms. The highest BCUT2D eigenvalue weighted by Gasteiger charge is 2.21. The Morgan fingerprint density at radius 1 is 1.16 bits per heavy atom. The lowest BCUT2D eigenvalue weighted by molar-refractivity contribution is 0.102. The van der Waals surface area contributed by atoms with Gasteiger partial charge in [0.25, 0.3) is 5.91 Å². The van der Waals surface area contributed by atoms with E-state index < -0.39 is 0 Å². The topological polar surface area (TPSA) is 70.2 Å². The van der Waals surface area contributed by atoms with Gasteiger partial charge in [0, 0.05) is 30.5 Å². The van der Waals surface area contributed by atoms with Crippen LogP contribution in [0.5, 0.6) is 0 Å². The molecule has 0 aliphatic heterocycles. The Kier molecular flexibility index (Phi) is 5.16. The third kappa shape index (κ3) is 4.26. The zero-order chi connectivity index (χ0) is 17.8. The molecule has 132 valence electrons. The van der Waals surface area contributed by atoms with Crippen molar-refractivity contribution < 1.29 is 4.79 Å². The quantitative estimate of drug-likeness (QED) is 0.808. The van der Waals surface area contributed by atoms with Crippen molar-refractivity contribution in [3.05, 3.63) is 41.6 Å². The Balaban J connectivity index is 1.67. The summed E-state index contributed by atoms with van der Waals surface area (Å²) in [6, 6.07) is 10.1. The monoisotopic (exact) mass is 339 g/mol. The lowest BCUT2D eigenvalue weighted by atomic mass is 10.1. The Bertz CT molecular complexity index is 736. The standard InChI is InChI=1S/C19H25N5O/c1-4-24(5-2)15-8-9-16(13(3)12-15)21-19(25)17-10-11-18(23-22-17)20-14-6-7-14/h8-12,14H,4-7H2,1-3H3,(H,20,23)(H,21,25). The van der Waals surface area contributed by atoms with Crippen molar-refractivity contribution >= 4 is 23.1 Å². The second kappa shape index (κ2) is 7.51. The molecule has 2 aromatic rings. The van der Waals surface area contributed by atoms with Gasteiger partial charge in [-0.15, -0.1) is 10.2 Å². The summed E-state index contributed by atoms with van der Waals surface area (Å²) in [5, 5.41) is 14.3. The highest BCUT2D eigenvalue weighted by atomic mass is 16.1. The number of nitrogens with one attached hydrogen (secondary N) is 2. The lowest BCUT2D eigenvalue weighted by Gasteiger charge is -2.22. The molecule has 0 saturated heterocycles. The minimum Gasteiger partial charge on any atom is -0.372 e. The third-order valence-electron chi connectivity index (χ3n) is 4.41. The first-order valence-corrected chi connectivity index (χ1v) is 8.88. The van der Waals surface area contributed by atoms with E-state index in [0.717, 1.165) is 35.8 Å². The van der Waals surface area contributed by atoms with Crippen molar-refractivity contribution in [3.63, 3.8) is 0 Å². The van der Waals surface area contributed by atoms with Crippen molar-refractivity contribution in [1.29, 1.82) is 0 Å². The van der Waals surface area contributed by atoms with E-state index in [0.29, 0.717) is 11.7 Å². The van der Waals surface area contributed by atoms with Crippen molar-refractivity contribution in [2.45, 2.75) is 39.7 Å². The van der Waals surface area contributed by atoms with Gasteiger partial charge < -0.3 is 15.5 Å². The van der Waals surface area contributed by atoms with Crippen LogP contribution in [0.4, 0.5) is 17.2 Å². The zero-order valence-corrected chi connectivity index (χ0v) is 15.0. The third-order valence-corrected chi connectivity index (χ3v) is 4.41. The number of rotatable bonds is 7. The van der Waals surface area contributed by atoms with Crippen molar-refractivity contribution in [3.8, 4) is 0 Å². The van der Waals surface area contributed by atoms with Crippen LogP contribution in [0.25, 0.3) is 0 Å².